The Morgan fingerprint density at radius 2 is 1.61 bits per heavy atom. The molecule has 1 atom stereocenters. The SMILES string of the molecule is Nc1ccc(-c2nc(N)cc(CS(=O)c3ccccc3)n2)cc1. The number of hydrogen-bond donors (Lipinski definition) is 2. The highest BCUT2D eigenvalue weighted by Gasteiger charge is 2.10. The summed E-state index contributed by atoms with van der Waals surface area (Å²) in [5, 5.41) is 0. The molecule has 3 aromatic rings. The number of nitrogens with two attached hydrogens (primary N) is 2. The van der Waals surface area contributed by atoms with E-state index >= 15 is 0 Å². The summed E-state index contributed by atoms with van der Waals surface area (Å²) >= 11 is 0. The molecule has 0 saturated heterocycles. The van der Waals surface area contributed by atoms with Crippen molar-refractivity contribution >= 4 is 22.3 Å². The lowest BCUT2D eigenvalue weighted by Crippen LogP contribution is -2.04. The van der Waals surface area contributed by atoms with Crippen LogP contribution in [-0.2, 0) is 16.6 Å². The fourth-order valence-electron chi connectivity index (χ4n) is 2.14. The number of benzene rings is 2. The maximum Gasteiger partial charge on any atom is 0.161 e. The molecule has 0 bridgehead atoms. The smallest absolute Gasteiger partial charge is 0.161 e. The second-order valence-corrected chi connectivity index (χ2v) is 6.48. The molecule has 23 heavy (non-hydrogen) atoms. The van der Waals surface area contributed by atoms with E-state index in [2.05, 4.69) is 9.97 Å². The van der Waals surface area contributed by atoms with E-state index in [1.54, 1.807) is 18.2 Å². The first kappa shape index (κ1) is 15.2. The van der Waals surface area contributed by atoms with E-state index in [0.29, 0.717) is 28.8 Å². The van der Waals surface area contributed by atoms with Gasteiger partial charge in [0.1, 0.15) is 5.82 Å². The second-order valence-electron chi connectivity index (χ2n) is 5.03. The molecule has 0 amide bonds. The van der Waals surface area contributed by atoms with E-state index in [0.717, 1.165) is 10.5 Å². The van der Waals surface area contributed by atoms with Crippen LogP contribution in [0.5, 0.6) is 0 Å². The minimum atomic E-state index is -1.18. The molecule has 4 N–H and O–H groups in total. The largest absolute Gasteiger partial charge is 0.399 e. The van der Waals surface area contributed by atoms with Crippen molar-refractivity contribution in [3.05, 3.63) is 66.4 Å². The highest BCUT2D eigenvalue weighted by molar-refractivity contribution is 7.84. The van der Waals surface area contributed by atoms with Gasteiger partial charge in [-0.1, -0.05) is 18.2 Å². The first-order valence-electron chi connectivity index (χ1n) is 7.04. The zero-order chi connectivity index (χ0) is 16.2. The highest BCUT2D eigenvalue weighted by Crippen LogP contribution is 2.20. The lowest BCUT2D eigenvalue weighted by atomic mass is 10.2. The van der Waals surface area contributed by atoms with Gasteiger partial charge in [0.05, 0.1) is 22.2 Å². The van der Waals surface area contributed by atoms with Crippen LogP contribution >= 0.6 is 0 Å². The fraction of sp³-hybridized carbons (Fsp3) is 0.0588. The lowest BCUT2D eigenvalue weighted by molar-refractivity contribution is 0.682. The van der Waals surface area contributed by atoms with Gasteiger partial charge in [-0.3, -0.25) is 4.21 Å². The van der Waals surface area contributed by atoms with Crippen molar-refractivity contribution < 1.29 is 4.21 Å². The maximum atomic E-state index is 12.4. The van der Waals surface area contributed by atoms with Gasteiger partial charge < -0.3 is 11.5 Å². The van der Waals surface area contributed by atoms with Crippen molar-refractivity contribution in [2.24, 2.45) is 0 Å². The normalized spacial score (nSPS) is 12.0. The monoisotopic (exact) mass is 324 g/mol. The van der Waals surface area contributed by atoms with Crippen LogP contribution in [0.4, 0.5) is 11.5 Å². The van der Waals surface area contributed by atoms with Gasteiger partial charge in [0.15, 0.2) is 5.82 Å². The quantitative estimate of drug-likeness (QED) is 0.719. The topological polar surface area (TPSA) is 94.9 Å². The van der Waals surface area contributed by atoms with Gasteiger partial charge in [0.2, 0.25) is 0 Å². The average Bonchev–Trinajstić information content (AvgIpc) is 2.56. The van der Waals surface area contributed by atoms with E-state index in [9.17, 15) is 4.21 Å². The number of aromatic nitrogens is 2. The Kier molecular flexibility index (Phi) is 4.34. The molecule has 1 aromatic heterocycles. The van der Waals surface area contributed by atoms with Gasteiger partial charge in [-0.05, 0) is 36.4 Å². The lowest BCUT2D eigenvalue weighted by Gasteiger charge is -2.07. The molecule has 6 heteroatoms. The molecule has 1 heterocycles. The van der Waals surface area contributed by atoms with E-state index in [1.807, 2.05) is 42.5 Å². The van der Waals surface area contributed by atoms with Gasteiger partial charge in [-0.25, -0.2) is 9.97 Å². The maximum absolute atomic E-state index is 12.4. The summed E-state index contributed by atoms with van der Waals surface area (Å²) in [6.07, 6.45) is 0. The van der Waals surface area contributed by atoms with Crippen LogP contribution in [0.25, 0.3) is 11.4 Å². The number of nitrogens with zero attached hydrogens (tertiary/aromatic N) is 2. The van der Waals surface area contributed by atoms with Gasteiger partial charge in [0.25, 0.3) is 0 Å². The van der Waals surface area contributed by atoms with Crippen LogP contribution in [0.15, 0.2) is 65.6 Å². The van der Waals surface area contributed by atoms with Gasteiger partial charge >= 0.3 is 0 Å². The third-order valence-corrected chi connectivity index (χ3v) is 4.61. The van der Waals surface area contributed by atoms with E-state index in [-0.39, 0.29) is 0 Å². The Balaban J connectivity index is 1.89. The summed E-state index contributed by atoms with van der Waals surface area (Å²) in [5.41, 5.74) is 13.7. The molecule has 3 rings (SSSR count). The van der Waals surface area contributed by atoms with E-state index < -0.39 is 10.8 Å². The van der Waals surface area contributed by atoms with Crippen molar-refractivity contribution in [1.82, 2.24) is 9.97 Å². The van der Waals surface area contributed by atoms with Gasteiger partial charge in [-0.2, -0.15) is 0 Å². The van der Waals surface area contributed by atoms with Crippen LogP contribution in [0, 0.1) is 0 Å². The molecule has 0 fully saturated rings. The molecule has 1 unspecified atom stereocenters. The molecule has 0 aliphatic rings. The summed E-state index contributed by atoms with van der Waals surface area (Å²) in [7, 11) is -1.18. The Morgan fingerprint density at radius 3 is 2.30 bits per heavy atom. The molecule has 2 aromatic carbocycles. The van der Waals surface area contributed by atoms with Crippen molar-refractivity contribution in [3.8, 4) is 11.4 Å². The zero-order valence-corrected chi connectivity index (χ0v) is 13.2. The van der Waals surface area contributed by atoms with Crippen molar-refractivity contribution in [3.63, 3.8) is 0 Å². The molecule has 0 spiro atoms. The number of nitrogen functional groups attached to an aromatic ring is 2. The second kappa shape index (κ2) is 6.58. The molecule has 0 aliphatic heterocycles. The standard InChI is InChI=1S/C17H16N4OS/c18-13-8-6-12(7-9-13)17-20-14(10-16(19)21-17)11-23(22)15-4-2-1-3-5-15/h1-10H,11,18H2,(H2,19,20,21). The zero-order valence-electron chi connectivity index (χ0n) is 12.3. The van der Waals surface area contributed by atoms with E-state index in [1.165, 1.54) is 0 Å². The minimum absolute atomic E-state index is 0.290. The Labute approximate surface area is 136 Å². The predicted octanol–water partition coefficient (Wildman–Crippen LogP) is 2.62. The van der Waals surface area contributed by atoms with Crippen molar-refractivity contribution in [2.45, 2.75) is 10.6 Å². The number of rotatable bonds is 4. The molecular weight excluding hydrogens is 308 g/mol. The van der Waals surface area contributed by atoms with Crippen molar-refractivity contribution in [1.29, 1.82) is 0 Å². The van der Waals surface area contributed by atoms with E-state index in [4.69, 9.17) is 11.5 Å². The van der Waals surface area contributed by atoms with Crippen LogP contribution in [0.3, 0.4) is 0 Å². The molecule has 0 saturated carbocycles. The predicted molar refractivity (Wildman–Crippen MR) is 92.8 cm³/mol. The van der Waals surface area contributed by atoms with Crippen molar-refractivity contribution in [2.75, 3.05) is 11.5 Å². The summed E-state index contributed by atoms with van der Waals surface area (Å²) in [4.78, 5) is 9.48. The minimum Gasteiger partial charge on any atom is -0.399 e. The summed E-state index contributed by atoms with van der Waals surface area (Å²) in [6, 6.07) is 18.2. The molecule has 116 valence electrons. The Morgan fingerprint density at radius 1 is 0.913 bits per heavy atom. The first-order chi connectivity index (χ1) is 11.1. The van der Waals surface area contributed by atoms with Crippen LogP contribution in [-0.4, -0.2) is 14.2 Å². The fourth-order valence-corrected chi connectivity index (χ4v) is 3.19. The molecular formula is C17H16N4OS. The molecule has 0 radical (unpaired) electrons. The number of anilines is 2. The summed E-state index contributed by atoms with van der Waals surface area (Å²) in [5.74, 6) is 1.15. The van der Waals surface area contributed by atoms with Gasteiger partial charge in [0, 0.05) is 22.2 Å². The molecule has 0 aliphatic carbocycles. The summed E-state index contributed by atoms with van der Waals surface area (Å²) in [6.45, 7) is 0. The van der Waals surface area contributed by atoms with Crippen LogP contribution in [0.2, 0.25) is 0 Å². The average molecular weight is 324 g/mol. The van der Waals surface area contributed by atoms with Crippen LogP contribution in [0.1, 0.15) is 5.69 Å². The Bertz CT molecular complexity index is 835. The highest BCUT2D eigenvalue weighted by atomic mass is 32.2. The summed E-state index contributed by atoms with van der Waals surface area (Å²) < 4.78 is 12.4. The van der Waals surface area contributed by atoms with Crippen LogP contribution < -0.4 is 11.5 Å². The molecule has 5 nitrogen and oxygen atoms in total. The first-order valence-corrected chi connectivity index (χ1v) is 8.36. The third-order valence-electron chi connectivity index (χ3n) is 3.25. The Hall–Kier alpha value is -2.73. The van der Waals surface area contributed by atoms with Gasteiger partial charge in [-0.15, -0.1) is 0 Å². The third kappa shape index (κ3) is 3.73. The number of hydrogen-bond acceptors (Lipinski definition) is 5.